The SMILES string of the molecule is C=CCNC(=O)NCCc1csc2ccc(O)cc12. The average molecular weight is 276 g/mol. The Bertz CT molecular complexity index is 592. The third kappa shape index (κ3) is 3.48. The van der Waals surface area contributed by atoms with Gasteiger partial charge in [0.05, 0.1) is 0 Å². The average Bonchev–Trinajstić information content (AvgIpc) is 2.79. The topological polar surface area (TPSA) is 61.4 Å². The second-order valence-corrected chi connectivity index (χ2v) is 5.03. The summed E-state index contributed by atoms with van der Waals surface area (Å²) in [5.74, 6) is 0.267. The fourth-order valence-corrected chi connectivity index (χ4v) is 2.78. The molecule has 1 heterocycles. The molecule has 4 nitrogen and oxygen atoms in total. The maximum absolute atomic E-state index is 11.3. The van der Waals surface area contributed by atoms with E-state index in [0.29, 0.717) is 13.1 Å². The van der Waals surface area contributed by atoms with Gasteiger partial charge >= 0.3 is 6.03 Å². The highest BCUT2D eigenvalue weighted by molar-refractivity contribution is 7.17. The van der Waals surface area contributed by atoms with Crippen molar-refractivity contribution in [1.82, 2.24) is 10.6 Å². The number of carbonyl (C=O) groups excluding carboxylic acids is 1. The summed E-state index contributed by atoms with van der Waals surface area (Å²) in [5.41, 5.74) is 1.14. The van der Waals surface area contributed by atoms with E-state index in [9.17, 15) is 9.90 Å². The third-order valence-corrected chi connectivity index (χ3v) is 3.74. The minimum Gasteiger partial charge on any atom is -0.508 e. The molecule has 0 saturated carbocycles. The first kappa shape index (κ1) is 13.4. The van der Waals surface area contributed by atoms with Gasteiger partial charge < -0.3 is 15.7 Å². The Morgan fingerprint density at radius 1 is 1.42 bits per heavy atom. The summed E-state index contributed by atoms with van der Waals surface area (Å²) in [6.45, 7) is 4.55. The van der Waals surface area contributed by atoms with Crippen molar-refractivity contribution in [3.05, 3.63) is 41.8 Å². The lowest BCUT2D eigenvalue weighted by Gasteiger charge is -2.05. The first-order valence-electron chi connectivity index (χ1n) is 6.02. The Hall–Kier alpha value is -2.01. The van der Waals surface area contributed by atoms with E-state index in [-0.39, 0.29) is 11.8 Å². The molecule has 2 amide bonds. The van der Waals surface area contributed by atoms with Crippen LogP contribution in [0, 0.1) is 0 Å². The number of aromatic hydroxyl groups is 1. The fourth-order valence-electron chi connectivity index (χ4n) is 1.80. The van der Waals surface area contributed by atoms with Crippen LogP contribution in [0.5, 0.6) is 5.75 Å². The van der Waals surface area contributed by atoms with Gasteiger partial charge in [-0.2, -0.15) is 0 Å². The third-order valence-electron chi connectivity index (χ3n) is 2.72. The standard InChI is InChI=1S/C14H16N2O2S/c1-2-6-15-14(18)16-7-5-10-9-19-13-4-3-11(17)8-12(10)13/h2-4,8-9,17H,1,5-7H2,(H2,15,16,18). The molecule has 0 fully saturated rings. The van der Waals surface area contributed by atoms with Crippen molar-refractivity contribution in [3.63, 3.8) is 0 Å². The summed E-state index contributed by atoms with van der Waals surface area (Å²) in [6.07, 6.45) is 2.37. The zero-order valence-electron chi connectivity index (χ0n) is 10.5. The van der Waals surface area contributed by atoms with Crippen LogP contribution in [0.25, 0.3) is 10.1 Å². The number of amides is 2. The Balaban J connectivity index is 1.93. The van der Waals surface area contributed by atoms with Crippen LogP contribution in [0.4, 0.5) is 4.79 Å². The number of phenolic OH excluding ortho intramolecular Hbond substituents is 1. The zero-order chi connectivity index (χ0) is 13.7. The van der Waals surface area contributed by atoms with Crippen LogP contribution in [0.2, 0.25) is 0 Å². The van der Waals surface area contributed by atoms with Gasteiger partial charge in [0, 0.05) is 17.8 Å². The highest BCUT2D eigenvalue weighted by Crippen LogP contribution is 2.29. The largest absolute Gasteiger partial charge is 0.508 e. The van der Waals surface area contributed by atoms with E-state index >= 15 is 0 Å². The molecule has 0 saturated heterocycles. The molecule has 5 heteroatoms. The quantitative estimate of drug-likeness (QED) is 0.735. The Labute approximate surface area is 115 Å². The second kappa shape index (κ2) is 6.24. The Morgan fingerprint density at radius 2 is 2.26 bits per heavy atom. The lowest BCUT2D eigenvalue weighted by atomic mass is 10.1. The van der Waals surface area contributed by atoms with Gasteiger partial charge in [0.2, 0.25) is 0 Å². The molecule has 0 atom stereocenters. The number of phenols is 1. The normalized spacial score (nSPS) is 10.3. The molecule has 0 aliphatic carbocycles. The molecule has 0 bridgehead atoms. The number of hydrogen-bond donors (Lipinski definition) is 3. The van der Waals surface area contributed by atoms with Crippen molar-refractivity contribution >= 4 is 27.5 Å². The van der Waals surface area contributed by atoms with Gasteiger partial charge in [-0.1, -0.05) is 6.08 Å². The maximum atomic E-state index is 11.3. The van der Waals surface area contributed by atoms with Gasteiger partial charge in [0.25, 0.3) is 0 Å². The van der Waals surface area contributed by atoms with Crippen molar-refractivity contribution in [2.45, 2.75) is 6.42 Å². The number of hydrogen-bond acceptors (Lipinski definition) is 3. The lowest BCUT2D eigenvalue weighted by Crippen LogP contribution is -2.36. The van der Waals surface area contributed by atoms with Crippen molar-refractivity contribution in [1.29, 1.82) is 0 Å². The van der Waals surface area contributed by atoms with Crippen LogP contribution >= 0.6 is 11.3 Å². The minimum atomic E-state index is -0.192. The molecule has 0 unspecified atom stereocenters. The smallest absolute Gasteiger partial charge is 0.315 e. The molecule has 2 rings (SSSR count). The van der Waals surface area contributed by atoms with Crippen LogP contribution in [0.3, 0.4) is 0 Å². The van der Waals surface area contributed by atoms with Crippen LogP contribution < -0.4 is 10.6 Å². The number of urea groups is 1. The molecular formula is C14H16N2O2S. The first-order valence-corrected chi connectivity index (χ1v) is 6.90. The summed E-state index contributed by atoms with van der Waals surface area (Å²) in [5, 5.41) is 18.0. The molecule has 1 aromatic carbocycles. The minimum absolute atomic E-state index is 0.192. The van der Waals surface area contributed by atoms with E-state index in [1.807, 2.05) is 6.07 Å². The van der Waals surface area contributed by atoms with Gasteiger partial charge in [-0.3, -0.25) is 0 Å². The number of nitrogens with one attached hydrogen (secondary N) is 2. The molecule has 0 aliphatic heterocycles. The number of fused-ring (bicyclic) bond motifs is 1. The molecule has 0 spiro atoms. The maximum Gasteiger partial charge on any atom is 0.315 e. The highest BCUT2D eigenvalue weighted by atomic mass is 32.1. The second-order valence-electron chi connectivity index (χ2n) is 4.12. The summed E-state index contributed by atoms with van der Waals surface area (Å²) >= 11 is 1.64. The van der Waals surface area contributed by atoms with Gasteiger partial charge in [0.1, 0.15) is 5.75 Å². The molecule has 2 aromatic rings. The number of rotatable bonds is 5. The van der Waals surface area contributed by atoms with Gasteiger partial charge in [-0.25, -0.2) is 4.79 Å². The van der Waals surface area contributed by atoms with Crippen molar-refractivity contribution in [2.24, 2.45) is 0 Å². The highest BCUT2D eigenvalue weighted by Gasteiger charge is 2.05. The Morgan fingerprint density at radius 3 is 3.05 bits per heavy atom. The van der Waals surface area contributed by atoms with E-state index in [4.69, 9.17) is 0 Å². The molecule has 3 N–H and O–H groups in total. The summed E-state index contributed by atoms with van der Waals surface area (Å²) < 4.78 is 1.14. The fraction of sp³-hybridized carbons (Fsp3) is 0.214. The van der Waals surface area contributed by atoms with E-state index in [2.05, 4.69) is 22.6 Å². The van der Waals surface area contributed by atoms with Gasteiger partial charge in [-0.15, -0.1) is 17.9 Å². The molecule has 0 aliphatic rings. The predicted molar refractivity (Wildman–Crippen MR) is 78.8 cm³/mol. The molecule has 1 aromatic heterocycles. The molecule has 0 radical (unpaired) electrons. The van der Waals surface area contributed by atoms with Crippen LogP contribution in [-0.2, 0) is 6.42 Å². The van der Waals surface area contributed by atoms with Crippen molar-refractivity contribution in [3.8, 4) is 5.75 Å². The number of benzene rings is 1. The number of carbonyl (C=O) groups is 1. The molecular weight excluding hydrogens is 260 g/mol. The van der Waals surface area contributed by atoms with E-state index in [0.717, 1.165) is 22.1 Å². The predicted octanol–water partition coefficient (Wildman–Crippen LogP) is 2.63. The lowest BCUT2D eigenvalue weighted by molar-refractivity contribution is 0.242. The monoisotopic (exact) mass is 276 g/mol. The Kier molecular flexibility index (Phi) is 4.41. The number of thiophene rings is 1. The van der Waals surface area contributed by atoms with E-state index < -0.39 is 0 Å². The van der Waals surface area contributed by atoms with Crippen LogP contribution in [0.1, 0.15) is 5.56 Å². The summed E-state index contributed by atoms with van der Waals surface area (Å²) in [6, 6.07) is 5.16. The van der Waals surface area contributed by atoms with E-state index in [1.165, 1.54) is 0 Å². The van der Waals surface area contributed by atoms with Gasteiger partial charge in [0.15, 0.2) is 0 Å². The van der Waals surface area contributed by atoms with Crippen LogP contribution in [0.15, 0.2) is 36.2 Å². The molecule has 100 valence electrons. The zero-order valence-corrected chi connectivity index (χ0v) is 11.3. The van der Waals surface area contributed by atoms with Crippen LogP contribution in [-0.4, -0.2) is 24.2 Å². The summed E-state index contributed by atoms with van der Waals surface area (Å²) in [7, 11) is 0. The molecule has 19 heavy (non-hydrogen) atoms. The van der Waals surface area contributed by atoms with Gasteiger partial charge in [-0.05, 0) is 40.9 Å². The van der Waals surface area contributed by atoms with Crippen molar-refractivity contribution in [2.75, 3.05) is 13.1 Å². The first-order chi connectivity index (χ1) is 9.20. The van der Waals surface area contributed by atoms with Crippen molar-refractivity contribution < 1.29 is 9.90 Å². The summed E-state index contributed by atoms with van der Waals surface area (Å²) in [4.78, 5) is 11.3. The van der Waals surface area contributed by atoms with E-state index in [1.54, 1.807) is 29.5 Å².